The van der Waals surface area contributed by atoms with Gasteiger partial charge in [0.1, 0.15) is 0 Å². The second-order valence-electron chi connectivity index (χ2n) is 8.62. The van der Waals surface area contributed by atoms with E-state index >= 15 is 0 Å². The first-order valence-electron chi connectivity index (χ1n) is 10.8. The first kappa shape index (κ1) is 20.8. The molecule has 2 aliphatic carbocycles. The number of hydrogen-bond acceptors (Lipinski definition) is 1. The van der Waals surface area contributed by atoms with Gasteiger partial charge in [0, 0.05) is 6.08 Å². The average Bonchev–Trinajstić information content (AvgIpc) is 2.73. The van der Waals surface area contributed by atoms with Crippen LogP contribution in [0.5, 0.6) is 0 Å². The minimum Gasteiger partial charge on any atom is -0.204 e. The van der Waals surface area contributed by atoms with E-state index in [1.807, 2.05) is 18.2 Å². The summed E-state index contributed by atoms with van der Waals surface area (Å²) in [7, 11) is 0. The molecular weight excluding hydrogens is 352 g/mol. The third-order valence-corrected chi connectivity index (χ3v) is 6.80. The molecular formula is C25H31F2N. The molecule has 0 heterocycles. The zero-order valence-electron chi connectivity index (χ0n) is 16.6. The number of halogens is 2. The van der Waals surface area contributed by atoms with E-state index in [1.54, 1.807) is 6.07 Å². The van der Waals surface area contributed by atoms with Crippen molar-refractivity contribution in [3.63, 3.8) is 0 Å². The molecule has 0 amide bonds. The predicted octanol–water partition coefficient (Wildman–Crippen LogP) is 7.46. The molecule has 0 atom stereocenters. The van der Waals surface area contributed by atoms with Gasteiger partial charge >= 0.3 is 0 Å². The van der Waals surface area contributed by atoms with Crippen LogP contribution in [0.15, 0.2) is 42.5 Å². The quantitative estimate of drug-likeness (QED) is 0.369. The van der Waals surface area contributed by atoms with Crippen molar-refractivity contribution < 1.29 is 8.78 Å². The van der Waals surface area contributed by atoms with Crippen molar-refractivity contribution in [2.45, 2.75) is 70.1 Å². The molecule has 0 aromatic heterocycles. The minimum atomic E-state index is -0.749. The lowest BCUT2D eigenvalue weighted by Gasteiger charge is -2.31. The maximum absolute atomic E-state index is 13.5. The van der Waals surface area contributed by atoms with Crippen molar-refractivity contribution in [2.24, 2.45) is 17.8 Å². The Morgan fingerprint density at radius 2 is 1.50 bits per heavy atom. The number of rotatable bonds is 6. The zero-order chi connectivity index (χ0) is 19.8. The van der Waals surface area contributed by atoms with Gasteiger partial charge in [-0.05, 0) is 92.7 Å². The Labute approximate surface area is 168 Å². The summed E-state index contributed by atoms with van der Waals surface area (Å²) in [5, 5.41) is 8.50. The molecule has 2 saturated carbocycles. The van der Waals surface area contributed by atoms with Gasteiger partial charge in [-0.15, -0.1) is 0 Å². The first-order valence-corrected chi connectivity index (χ1v) is 10.8. The van der Waals surface area contributed by atoms with E-state index in [-0.39, 0.29) is 0 Å². The zero-order valence-corrected chi connectivity index (χ0v) is 16.6. The van der Waals surface area contributed by atoms with Crippen LogP contribution in [-0.2, 0) is 0 Å². The largest absolute Gasteiger partial charge is 0.204 e. The van der Waals surface area contributed by atoms with E-state index < -0.39 is 11.6 Å². The summed E-state index contributed by atoms with van der Waals surface area (Å²) in [6, 6.07) is 6.43. The van der Waals surface area contributed by atoms with Crippen LogP contribution in [0.4, 0.5) is 8.78 Å². The van der Waals surface area contributed by atoms with Crippen LogP contribution in [0.25, 0.3) is 0 Å². The summed E-state index contributed by atoms with van der Waals surface area (Å²) < 4.78 is 26.6. The molecule has 0 bridgehead atoms. The van der Waals surface area contributed by atoms with E-state index in [0.717, 1.165) is 30.2 Å². The molecule has 150 valence electrons. The van der Waals surface area contributed by atoms with Crippen LogP contribution in [-0.4, -0.2) is 0 Å². The summed E-state index contributed by atoms with van der Waals surface area (Å²) in [5.41, 5.74) is 0.966. The Morgan fingerprint density at radius 1 is 0.857 bits per heavy atom. The van der Waals surface area contributed by atoms with Crippen LogP contribution < -0.4 is 0 Å². The molecule has 0 unspecified atom stereocenters. The van der Waals surface area contributed by atoms with Crippen LogP contribution in [0.1, 0.15) is 75.7 Å². The topological polar surface area (TPSA) is 23.8 Å². The van der Waals surface area contributed by atoms with Gasteiger partial charge in [0.2, 0.25) is 0 Å². The van der Waals surface area contributed by atoms with E-state index in [2.05, 4.69) is 6.08 Å². The molecule has 0 saturated heterocycles. The van der Waals surface area contributed by atoms with Crippen molar-refractivity contribution >= 4 is 0 Å². The molecule has 2 aliphatic rings. The second-order valence-corrected chi connectivity index (χ2v) is 8.62. The van der Waals surface area contributed by atoms with Crippen LogP contribution in [0.3, 0.4) is 0 Å². The minimum absolute atomic E-state index is 0.392. The van der Waals surface area contributed by atoms with Gasteiger partial charge < -0.3 is 0 Å². The Balaban J connectivity index is 1.35. The van der Waals surface area contributed by atoms with Crippen molar-refractivity contribution in [1.82, 2.24) is 0 Å². The van der Waals surface area contributed by atoms with E-state index in [4.69, 9.17) is 5.26 Å². The molecule has 2 fully saturated rings. The van der Waals surface area contributed by atoms with Crippen LogP contribution in [0, 0.1) is 40.7 Å². The summed E-state index contributed by atoms with van der Waals surface area (Å²) >= 11 is 0. The Morgan fingerprint density at radius 3 is 2.11 bits per heavy atom. The fourth-order valence-corrected chi connectivity index (χ4v) is 5.01. The van der Waals surface area contributed by atoms with Gasteiger partial charge in [-0.1, -0.05) is 37.1 Å². The van der Waals surface area contributed by atoms with Crippen molar-refractivity contribution in [3.05, 3.63) is 59.7 Å². The van der Waals surface area contributed by atoms with Gasteiger partial charge in [0.25, 0.3) is 0 Å². The van der Waals surface area contributed by atoms with Crippen LogP contribution in [0.2, 0.25) is 0 Å². The number of allylic oxidation sites excluding steroid dienone is 4. The van der Waals surface area contributed by atoms with Gasteiger partial charge in [0.15, 0.2) is 11.6 Å². The Hall–Kier alpha value is -1.95. The van der Waals surface area contributed by atoms with Gasteiger partial charge in [-0.3, -0.25) is 0 Å². The lowest BCUT2D eigenvalue weighted by Crippen LogP contribution is -2.17. The van der Waals surface area contributed by atoms with Gasteiger partial charge in [-0.2, -0.15) is 5.26 Å². The number of nitriles is 1. The van der Waals surface area contributed by atoms with E-state index in [1.165, 1.54) is 69.6 Å². The number of hydrogen-bond donors (Lipinski definition) is 0. The molecule has 1 aromatic rings. The molecule has 3 heteroatoms. The van der Waals surface area contributed by atoms with Gasteiger partial charge in [0.05, 0.1) is 6.07 Å². The molecule has 0 radical (unpaired) electrons. The predicted molar refractivity (Wildman–Crippen MR) is 110 cm³/mol. The Kier molecular flexibility index (Phi) is 7.83. The lowest BCUT2D eigenvalue weighted by molar-refractivity contribution is 0.246. The molecule has 28 heavy (non-hydrogen) atoms. The highest BCUT2D eigenvalue weighted by Crippen LogP contribution is 2.40. The molecule has 1 nitrogen and oxygen atoms in total. The van der Waals surface area contributed by atoms with Crippen molar-refractivity contribution in [1.29, 1.82) is 5.26 Å². The van der Waals surface area contributed by atoms with Crippen molar-refractivity contribution in [2.75, 3.05) is 0 Å². The summed E-state index contributed by atoms with van der Waals surface area (Å²) in [4.78, 5) is 0. The summed E-state index contributed by atoms with van der Waals surface area (Å²) in [5.74, 6) is 1.26. The highest BCUT2D eigenvalue weighted by atomic mass is 19.2. The first-order chi connectivity index (χ1) is 13.7. The smallest absolute Gasteiger partial charge is 0.159 e. The SMILES string of the molecule is N#C/C=C/C=C/[C@H]1CC[C@H](CC[C@H]2CC[C@H](c3ccc(F)c(F)c3)CC2)CC1. The fourth-order valence-electron chi connectivity index (χ4n) is 5.01. The monoisotopic (exact) mass is 383 g/mol. The van der Waals surface area contributed by atoms with Gasteiger partial charge in [-0.25, -0.2) is 8.78 Å². The third kappa shape index (κ3) is 6.03. The Bertz CT molecular complexity index is 715. The molecule has 3 rings (SSSR count). The normalized spacial score (nSPS) is 28.6. The molecule has 0 N–H and O–H groups in total. The second kappa shape index (κ2) is 10.6. The fraction of sp³-hybridized carbons (Fsp3) is 0.560. The van der Waals surface area contributed by atoms with E-state index in [9.17, 15) is 8.78 Å². The highest BCUT2D eigenvalue weighted by Gasteiger charge is 2.25. The maximum atomic E-state index is 13.5. The summed E-state index contributed by atoms with van der Waals surface area (Å²) in [6.45, 7) is 0. The average molecular weight is 384 g/mol. The lowest BCUT2D eigenvalue weighted by atomic mass is 9.74. The third-order valence-electron chi connectivity index (χ3n) is 6.80. The molecule has 0 spiro atoms. The highest BCUT2D eigenvalue weighted by molar-refractivity contribution is 5.22. The standard InChI is InChI=1S/C25H31F2N/c26-24-16-15-23(18-25(24)27)22-13-11-21(12-14-22)10-9-20-7-5-19(6-8-20)4-2-1-3-17-28/h1-4,15-16,18-22H,5-14H2/b3-1+,4-2+/t19-,20-,21-,22-. The molecule has 1 aromatic carbocycles. The maximum Gasteiger partial charge on any atom is 0.159 e. The van der Waals surface area contributed by atoms with E-state index in [0.29, 0.717) is 11.8 Å². The number of nitrogens with zero attached hydrogens (tertiary/aromatic N) is 1. The van der Waals surface area contributed by atoms with Crippen molar-refractivity contribution in [3.8, 4) is 6.07 Å². The van der Waals surface area contributed by atoms with Crippen LogP contribution >= 0.6 is 0 Å². The summed E-state index contributed by atoms with van der Waals surface area (Å²) in [6.07, 6.45) is 20.1. The molecule has 0 aliphatic heterocycles. The number of benzene rings is 1.